The minimum atomic E-state index is -0.830. The molecule has 0 saturated heterocycles. The van der Waals surface area contributed by atoms with Crippen molar-refractivity contribution in [2.24, 2.45) is 0 Å². The molecule has 0 heterocycles. The summed E-state index contributed by atoms with van der Waals surface area (Å²) in [5.74, 6) is -0.830. The van der Waals surface area contributed by atoms with Gasteiger partial charge in [-0.1, -0.05) is 11.8 Å². The van der Waals surface area contributed by atoms with Crippen molar-refractivity contribution in [1.29, 1.82) is 5.26 Å². The molecule has 0 aromatic heterocycles. The van der Waals surface area contributed by atoms with Crippen LogP contribution in [0.25, 0.3) is 0 Å². The quantitative estimate of drug-likeness (QED) is 0.797. The molecule has 0 unspecified atom stereocenters. The van der Waals surface area contributed by atoms with Crippen molar-refractivity contribution in [3.63, 3.8) is 0 Å². The summed E-state index contributed by atoms with van der Waals surface area (Å²) in [6, 6.07) is 15.2. The van der Waals surface area contributed by atoms with Gasteiger partial charge in [0.1, 0.15) is 0 Å². The second-order valence-electron chi connectivity index (χ2n) is 4.06. The van der Waals surface area contributed by atoms with Crippen LogP contribution in [0.15, 0.2) is 52.3 Å². The Hall–Kier alpha value is -1.52. The van der Waals surface area contributed by atoms with Crippen LogP contribution in [0, 0.1) is 14.9 Å². The Bertz CT molecular complexity index is 677. The Morgan fingerprint density at radius 3 is 2.45 bits per heavy atom. The summed E-state index contributed by atoms with van der Waals surface area (Å²) in [5.41, 5.74) is 1.44. The van der Waals surface area contributed by atoms with Gasteiger partial charge in [0.25, 0.3) is 0 Å². The van der Waals surface area contributed by atoms with Crippen LogP contribution in [0.5, 0.6) is 0 Å². The molecule has 5 heteroatoms. The average Bonchev–Trinajstić information content (AvgIpc) is 2.43. The van der Waals surface area contributed by atoms with Crippen LogP contribution >= 0.6 is 34.4 Å². The van der Waals surface area contributed by atoms with Crippen LogP contribution in [0.4, 0.5) is 0 Å². The van der Waals surface area contributed by atoms with Crippen LogP contribution < -0.4 is 0 Å². The number of hydrogen-bond acceptors (Lipinski definition) is 3. The molecular formula is C15H10INO2S. The molecule has 0 aliphatic carbocycles. The van der Waals surface area contributed by atoms with E-state index in [-0.39, 0.29) is 6.42 Å². The number of hydrogen-bond donors (Lipinski definition) is 1. The van der Waals surface area contributed by atoms with Gasteiger partial charge >= 0.3 is 5.97 Å². The van der Waals surface area contributed by atoms with E-state index in [0.29, 0.717) is 5.56 Å². The first-order valence-corrected chi connectivity index (χ1v) is 7.66. The molecule has 3 nitrogen and oxygen atoms in total. The topological polar surface area (TPSA) is 61.1 Å². The zero-order valence-electron chi connectivity index (χ0n) is 10.3. The van der Waals surface area contributed by atoms with Crippen molar-refractivity contribution in [1.82, 2.24) is 0 Å². The average molecular weight is 395 g/mol. The monoisotopic (exact) mass is 395 g/mol. The second kappa shape index (κ2) is 6.77. The number of halogens is 1. The van der Waals surface area contributed by atoms with E-state index in [0.717, 1.165) is 18.9 Å². The number of nitriles is 1. The van der Waals surface area contributed by atoms with Crippen LogP contribution in [-0.4, -0.2) is 11.1 Å². The van der Waals surface area contributed by atoms with E-state index < -0.39 is 5.97 Å². The molecule has 0 saturated carbocycles. The van der Waals surface area contributed by atoms with Gasteiger partial charge in [-0.05, 0) is 70.6 Å². The Morgan fingerprint density at radius 1 is 1.20 bits per heavy atom. The fourth-order valence-electron chi connectivity index (χ4n) is 1.65. The minimum absolute atomic E-state index is 0.0278. The van der Waals surface area contributed by atoms with E-state index in [2.05, 4.69) is 28.7 Å². The highest BCUT2D eigenvalue weighted by Crippen LogP contribution is 2.30. The van der Waals surface area contributed by atoms with Crippen LogP contribution in [0.1, 0.15) is 11.1 Å². The number of carbonyl (C=O) groups is 1. The number of carboxylic acid groups (broad SMARTS) is 1. The van der Waals surface area contributed by atoms with Gasteiger partial charge in [-0.2, -0.15) is 5.26 Å². The van der Waals surface area contributed by atoms with Gasteiger partial charge in [0.05, 0.1) is 18.1 Å². The maximum absolute atomic E-state index is 10.8. The highest BCUT2D eigenvalue weighted by molar-refractivity contribution is 14.1. The largest absolute Gasteiger partial charge is 0.481 e. The fraction of sp³-hybridized carbons (Fsp3) is 0.0667. The summed E-state index contributed by atoms with van der Waals surface area (Å²) < 4.78 is 0.953. The number of nitrogens with zero attached hydrogens (tertiary/aromatic N) is 1. The van der Waals surface area contributed by atoms with Crippen LogP contribution in [-0.2, 0) is 11.2 Å². The molecule has 0 aliphatic heterocycles. The van der Waals surface area contributed by atoms with Crippen molar-refractivity contribution in [3.8, 4) is 6.07 Å². The number of carboxylic acids is 1. The van der Waals surface area contributed by atoms with Gasteiger partial charge in [0.15, 0.2) is 0 Å². The number of rotatable bonds is 4. The third-order valence-electron chi connectivity index (χ3n) is 2.58. The molecule has 0 aliphatic rings. The lowest BCUT2D eigenvalue weighted by molar-refractivity contribution is -0.136. The number of aliphatic carboxylic acids is 1. The van der Waals surface area contributed by atoms with Gasteiger partial charge in [-0.25, -0.2) is 0 Å². The summed E-state index contributed by atoms with van der Waals surface area (Å²) in [6.07, 6.45) is 0.0278. The molecule has 0 spiro atoms. The molecule has 100 valence electrons. The molecular weight excluding hydrogens is 385 g/mol. The summed E-state index contributed by atoms with van der Waals surface area (Å²) in [6.45, 7) is 0. The van der Waals surface area contributed by atoms with Gasteiger partial charge in [0, 0.05) is 13.4 Å². The third-order valence-corrected chi connectivity index (χ3v) is 4.63. The normalized spacial score (nSPS) is 10.0. The third kappa shape index (κ3) is 3.99. The van der Waals surface area contributed by atoms with Crippen molar-refractivity contribution in [2.75, 3.05) is 0 Å². The van der Waals surface area contributed by atoms with Gasteiger partial charge < -0.3 is 5.11 Å². The summed E-state index contributed by atoms with van der Waals surface area (Å²) in [7, 11) is 0. The molecule has 20 heavy (non-hydrogen) atoms. The van der Waals surface area contributed by atoms with Crippen LogP contribution in [0.2, 0.25) is 0 Å². The number of benzene rings is 2. The Labute approximate surface area is 134 Å². The predicted octanol–water partition coefficient (Wildman–Crippen LogP) is 3.94. The molecule has 1 N–H and O–H groups in total. The van der Waals surface area contributed by atoms with E-state index in [4.69, 9.17) is 10.4 Å². The zero-order chi connectivity index (χ0) is 14.5. The van der Waals surface area contributed by atoms with Gasteiger partial charge in [0.2, 0.25) is 0 Å². The lowest BCUT2D eigenvalue weighted by atomic mass is 10.1. The standard InChI is InChI=1S/C15H10INO2S/c16-14-6-5-13(7-11(14)8-15(18)19)20-12-3-1-10(9-17)2-4-12/h1-7H,8H2,(H,18,19). The molecule has 0 amide bonds. The lowest BCUT2D eigenvalue weighted by Gasteiger charge is -2.06. The fourth-order valence-corrected chi connectivity index (χ4v) is 3.05. The summed E-state index contributed by atoms with van der Waals surface area (Å²) >= 11 is 3.69. The van der Waals surface area contributed by atoms with Crippen molar-refractivity contribution >= 4 is 40.3 Å². The smallest absolute Gasteiger partial charge is 0.307 e. The Balaban J connectivity index is 2.20. The van der Waals surface area contributed by atoms with E-state index >= 15 is 0 Å². The molecule has 0 atom stereocenters. The van der Waals surface area contributed by atoms with Crippen molar-refractivity contribution < 1.29 is 9.90 Å². The van der Waals surface area contributed by atoms with E-state index in [1.54, 1.807) is 23.9 Å². The highest BCUT2D eigenvalue weighted by atomic mass is 127. The first-order valence-electron chi connectivity index (χ1n) is 5.77. The van der Waals surface area contributed by atoms with E-state index in [1.807, 2.05) is 30.3 Å². The second-order valence-corrected chi connectivity index (χ2v) is 6.37. The minimum Gasteiger partial charge on any atom is -0.481 e. The van der Waals surface area contributed by atoms with Crippen molar-refractivity contribution in [2.45, 2.75) is 16.2 Å². The van der Waals surface area contributed by atoms with Crippen LogP contribution in [0.3, 0.4) is 0 Å². The Morgan fingerprint density at radius 2 is 1.85 bits per heavy atom. The molecule has 2 rings (SSSR count). The van der Waals surface area contributed by atoms with Crippen molar-refractivity contribution in [3.05, 3.63) is 57.2 Å². The molecule has 0 bridgehead atoms. The summed E-state index contributed by atoms with van der Waals surface area (Å²) in [4.78, 5) is 12.8. The van der Waals surface area contributed by atoms with E-state index in [1.165, 1.54) is 0 Å². The zero-order valence-corrected chi connectivity index (χ0v) is 13.3. The van der Waals surface area contributed by atoms with Gasteiger partial charge in [-0.3, -0.25) is 4.79 Å². The molecule has 2 aromatic rings. The molecule has 0 fully saturated rings. The maximum Gasteiger partial charge on any atom is 0.307 e. The molecule has 2 aromatic carbocycles. The first kappa shape index (κ1) is 14.9. The summed E-state index contributed by atoms with van der Waals surface area (Å²) in [5, 5.41) is 17.6. The van der Waals surface area contributed by atoms with E-state index in [9.17, 15) is 4.79 Å². The Kier molecular flexibility index (Phi) is 5.04. The predicted molar refractivity (Wildman–Crippen MR) is 85.8 cm³/mol. The lowest BCUT2D eigenvalue weighted by Crippen LogP contribution is -2.01. The highest BCUT2D eigenvalue weighted by Gasteiger charge is 2.07. The maximum atomic E-state index is 10.8. The van der Waals surface area contributed by atoms with Gasteiger partial charge in [-0.15, -0.1) is 0 Å². The first-order chi connectivity index (χ1) is 9.58. The SMILES string of the molecule is N#Cc1ccc(Sc2ccc(I)c(CC(=O)O)c2)cc1. The molecule has 0 radical (unpaired) electrons.